The van der Waals surface area contributed by atoms with E-state index in [1.807, 2.05) is 0 Å². The van der Waals surface area contributed by atoms with Gasteiger partial charge in [0.15, 0.2) is 0 Å². The first-order chi connectivity index (χ1) is 29.3. The number of aryl methyl sites for hydroxylation is 3. The largest absolute Gasteiger partial charge is 0.310 e. The molecule has 0 aromatic heterocycles. The summed E-state index contributed by atoms with van der Waals surface area (Å²) in [7, 11) is 0. The molecule has 0 radical (unpaired) electrons. The molecule has 3 aliphatic rings. The highest BCUT2D eigenvalue weighted by Crippen LogP contribution is 2.58. The van der Waals surface area contributed by atoms with Gasteiger partial charge in [-0.3, -0.25) is 0 Å². The van der Waals surface area contributed by atoms with Crippen LogP contribution in [0, 0.1) is 20.8 Å². The molecule has 0 saturated heterocycles. The first-order valence-corrected chi connectivity index (χ1v) is 22.1. The molecule has 0 bridgehead atoms. The number of benzene rings is 9. The molecule has 1 heteroatoms. The van der Waals surface area contributed by atoms with Crippen molar-refractivity contribution >= 4 is 49.4 Å². The van der Waals surface area contributed by atoms with Crippen molar-refractivity contribution < 1.29 is 0 Å². The molecule has 0 spiro atoms. The zero-order valence-electron chi connectivity index (χ0n) is 36.8. The molecule has 1 nitrogen and oxygen atoms in total. The summed E-state index contributed by atoms with van der Waals surface area (Å²) in [6.07, 6.45) is 0. The van der Waals surface area contributed by atoms with E-state index in [9.17, 15) is 0 Å². The first-order valence-electron chi connectivity index (χ1n) is 22.1. The van der Waals surface area contributed by atoms with Gasteiger partial charge >= 0.3 is 0 Å². The highest BCUT2D eigenvalue weighted by Gasteiger charge is 2.41. The maximum atomic E-state index is 2.55. The lowest BCUT2D eigenvalue weighted by Gasteiger charge is -2.31. The number of anilines is 3. The molecule has 0 heterocycles. The molecule has 0 unspecified atom stereocenters. The van der Waals surface area contributed by atoms with Gasteiger partial charge in [0, 0.05) is 33.3 Å². The molecular weight excluding hydrogens is 735 g/mol. The Balaban J connectivity index is 1.09. The lowest BCUT2D eigenvalue weighted by molar-refractivity contribution is 0.659. The molecule has 0 amide bonds. The van der Waals surface area contributed by atoms with Gasteiger partial charge in [0.2, 0.25) is 0 Å². The van der Waals surface area contributed by atoms with Gasteiger partial charge in [0.1, 0.15) is 0 Å². The van der Waals surface area contributed by atoms with Crippen molar-refractivity contribution in [3.63, 3.8) is 0 Å². The Labute approximate surface area is 360 Å². The van der Waals surface area contributed by atoms with Crippen LogP contribution in [0.25, 0.3) is 65.7 Å². The average Bonchev–Trinajstić information content (AvgIpc) is 3.73. The highest BCUT2D eigenvalue weighted by atomic mass is 15.1. The Hall–Kier alpha value is -6.44. The van der Waals surface area contributed by atoms with Gasteiger partial charge in [-0.2, -0.15) is 0 Å². The third kappa shape index (κ3) is 4.73. The van der Waals surface area contributed by atoms with Crippen molar-refractivity contribution in [3.8, 4) is 33.4 Å². The molecule has 0 fully saturated rings. The third-order valence-electron chi connectivity index (χ3n) is 15.4. The zero-order valence-corrected chi connectivity index (χ0v) is 36.8. The fourth-order valence-electron chi connectivity index (χ4n) is 12.1. The number of rotatable bonds is 3. The Morgan fingerprint density at radius 3 is 0.836 bits per heavy atom. The van der Waals surface area contributed by atoms with E-state index in [4.69, 9.17) is 0 Å². The van der Waals surface area contributed by atoms with Crippen molar-refractivity contribution in [2.75, 3.05) is 4.90 Å². The van der Waals surface area contributed by atoms with E-state index in [2.05, 4.69) is 213 Å². The Kier molecular flexibility index (Phi) is 7.23. The summed E-state index contributed by atoms with van der Waals surface area (Å²) in [5, 5.41) is 8.06. The van der Waals surface area contributed by atoms with Crippen LogP contribution in [-0.2, 0) is 16.2 Å². The maximum Gasteiger partial charge on any atom is 0.0465 e. The normalized spacial score (nSPS) is 15.7. The monoisotopic (exact) mass is 785 g/mol. The number of hydrogen-bond acceptors (Lipinski definition) is 1. The fraction of sp³-hybridized carbons (Fsp3) is 0.200. The summed E-state index contributed by atoms with van der Waals surface area (Å²) in [4.78, 5) is 2.55. The van der Waals surface area contributed by atoms with E-state index in [1.165, 1.54) is 133 Å². The van der Waals surface area contributed by atoms with E-state index in [0.29, 0.717) is 0 Å². The Morgan fingerprint density at radius 1 is 0.295 bits per heavy atom. The Morgan fingerprint density at radius 2 is 0.557 bits per heavy atom. The molecular formula is C60H51N. The molecule has 61 heavy (non-hydrogen) atoms. The molecule has 3 aliphatic carbocycles. The summed E-state index contributed by atoms with van der Waals surface area (Å²) < 4.78 is 0. The number of hydrogen-bond donors (Lipinski definition) is 0. The fourth-order valence-corrected chi connectivity index (χ4v) is 12.1. The average molecular weight is 786 g/mol. The lowest BCUT2D eigenvalue weighted by atomic mass is 9.80. The van der Waals surface area contributed by atoms with Crippen molar-refractivity contribution in [1.82, 2.24) is 0 Å². The second-order valence-corrected chi connectivity index (χ2v) is 19.9. The SMILES string of the molecule is Cc1cc2c(c3ccccc13)-c1ccc(N(c3ccc4c(c3)C(C)(C)c3cc(C)c5ccccc5c3-4)c3ccc4c(c3)C(C)(C)c3cc(C)c5ccccc5c3-4)cc1C2(C)C. The van der Waals surface area contributed by atoms with Crippen molar-refractivity contribution in [2.24, 2.45) is 0 Å². The second-order valence-electron chi connectivity index (χ2n) is 19.9. The van der Waals surface area contributed by atoms with Gasteiger partial charge in [0.25, 0.3) is 0 Å². The van der Waals surface area contributed by atoms with Gasteiger partial charge in [-0.15, -0.1) is 0 Å². The molecule has 0 N–H and O–H groups in total. The molecule has 0 aliphatic heterocycles. The van der Waals surface area contributed by atoms with Crippen LogP contribution in [0.1, 0.15) is 91.6 Å². The smallest absolute Gasteiger partial charge is 0.0465 e. The van der Waals surface area contributed by atoms with E-state index < -0.39 is 0 Å². The zero-order chi connectivity index (χ0) is 41.9. The van der Waals surface area contributed by atoms with Gasteiger partial charge in [0.05, 0.1) is 0 Å². The van der Waals surface area contributed by atoms with Gasteiger partial charge in [-0.25, -0.2) is 0 Å². The standard InChI is InChI=1S/C60H51N/c1-34-28-52-55(43-19-13-10-16-40(34)43)46-25-22-37(31-49(46)58(52,4)5)61(38-23-26-47-50(32-38)59(6,7)53-29-35(2)41-17-11-14-20-44(41)56(47)53)39-24-27-48-51(33-39)60(8,9)54-30-36(3)42-18-12-15-21-45(42)57(48)54/h10-33H,1-9H3. The molecule has 0 saturated carbocycles. The van der Waals surface area contributed by atoms with Crippen molar-refractivity contribution in [1.29, 1.82) is 0 Å². The van der Waals surface area contributed by atoms with Crippen LogP contribution in [0.3, 0.4) is 0 Å². The van der Waals surface area contributed by atoms with E-state index in [1.54, 1.807) is 0 Å². The quantitative estimate of drug-likeness (QED) is 0.172. The summed E-state index contributed by atoms with van der Waals surface area (Å²) in [6.45, 7) is 21.3. The second kappa shape index (κ2) is 12.1. The maximum absolute atomic E-state index is 2.55. The van der Waals surface area contributed by atoms with Crippen LogP contribution in [0.5, 0.6) is 0 Å². The molecule has 9 aromatic carbocycles. The molecule has 12 rings (SSSR count). The van der Waals surface area contributed by atoms with E-state index in [0.717, 1.165) is 0 Å². The van der Waals surface area contributed by atoms with Crippen LogP contribution in [-0.4, -0.2) is 0 Å². The van der Waals surface area contributed by atoms with Crippen LogP contribution >= 0.6 is 0 Å². The van der Waals surface area contributed by atoms with Crippen molar-refractivity contribution in [3.05, 3.63) is 196 Å². The number of fused-ring (bicyclic) bond motifs is 15. The predicted octanol–water partition coefficient (Wildman–Crippen LogP) is 16.5. The van der Waals surface area contributed by atoms with E-state index in [-0.39, 0.29) is 16.2 Å². The van der Waals surface area contributed by atoms with Gasteiger partial charge in [-0.1, -0.05) is 151 Å². The third-order valence-corrected chi connectivity index (χ3v) is 15.4. The Bertz CT molecular complexity index is 3060. The molecule has 296 valence electrons. The summed E-state index contributed by atoms with van der Waals surface area (Å²) in [5.41, 5.74) is 23.7. The summed E-state index contributed by atoms with van der Waals surface area (Å²) in [6, 6.07) is 56.1. The molecule has 0 atom stereocenters. The topological polar surface area (TPSA) is 3.24 Å². The predicted molar refractivity (Wildman–Crippen MR) is 261 cm³/mol. The minimum atomic E-state index is -0.165. The summed E-state index contributed by atoms with van der Waals surface area (Å²) in [5.74, 6) is 0. The van der Waals surface area contributed by atoms with E-state index >= 15 is 0 Å². The van der Waals surface area contributed by atoms with Crippen molar-refractivity contribution in [2.45, 2.75) is 78.6 Å². The minimum Gasteiger partial charge on any atom is -0.310 e. The van der Waals surface area contributed by atoms with Crippen LogP contribution in [0.2, 0.25) is 0 Å². The molecule has 9 aromatic rings. The van der Waals surface area contributed by atoms with Gasteiger partial charge in [-0.05, 0) is 173 Å². The number of nitrogens with zero attached hydrogens (tertiary/aromatic N) is 1. The first kappa shape index (κ1) is 36.4. The van der Waals surface area contributed by atoms with Crippen LogP contribution < -0.4 is 4.90 Å². The minimum absolute atomic E-state index is 0.165. The highest BCUT2D eigenvalue weighted by molar-refractivity contribution is 6.07. The summed E-state index contributed by atoms with van der Waals surface area (Å²) >= 11 is 0. The van der Waals surface area contributed by atoms with Crippen LogP contribution in [0.4, 0.5) is 17.1 Å². The lowest BCUT2D eigenvalue weighted by Crippen LogP contribution is -2.19. The van der Waals surface area contributed by atoms with Crippen LogP contribution in [0.15, 0.2) is 146 Å². The van der Waals surface area contributed by atoms with Gasteiger partial charge < -0.3 is 4.90 Å².